The van der Waals surface area contributed by atoms with E-state index in [9.17, 15) is 9.59 Å². The van der Waals surface area contributed by atoms with E-state index in [2.05, 4.69) is 24.0 Å². The van der Waals surface area contributed by atoms with Crippen molar-refractivity contribution < 1.29 is 19.1 Å². The third-order valence-corrected chi connectivity index (χ3v) is 4.72. The Kier molecular flexibility index (Phi) is 6.45. The van der Waals surface area contributed by atoms with Gasteiger partial charge in [0.2, 0.25) is 0 Å². The van der Waals surface area contributed by atoms with Crippen molar-refractivity contribution in [2.45, 2.75) is 18.4 Å². The first kappa shape index (κ1) is 19.6. The number of rotatable bonds is 8. The molecule has 0 radical (unpaired) electrons. The van der Waals surface area contributed by atoms with Gasteiger partial charge < -0.3 is 20.5 Å². The Labute approximate surface area is 164 Å². The Morgan fingerprint density at radius 1 is 1.07 bits per heavy atom. The van der Waals surface area contributed by atoms with Crippen molar-refractivity contribution in [2.24, 2.45) is 5.73 Å². The molecule has 0 bridgehead atoms. The van der Waals surface area contributed by atoms with Crippen LogP contribution >= 0.6 is 0 Å². The maximum atomic E-state index is 12.3. The van der Waals surface area contributed by atoms with Crippen molar-refractivity contribution in [1.82, 2.24) is 5.32 Å². The number of hydrogen-bond acceptors (Lipinski definition) is 5. The summed E-state index contributed by atoms with van der Waals surface area (Å²) in [6.07, 6.45) is 1.06. The van der Waals surface area contributed by atoms with E-state index in [-0.39, 0.29) is 32.1 Å². The molecule has 0 saturated heterocycles. The zero-order valence-electron chi connectivity index (χ0n) is 15.6. The van der Waals surface area contributed by atoms with E-state index < -0.39 is 18.1 Å². The van der Waals surface area contributed by atoms with Gasteiger partial charge in [-0.25, -0.2) is 9.59 Å². The monoisotopic (exact) mass is 380 g/mol. The second kappa shape index (κ2) is 9.19. The van der Waals surface area contributed by atoms with Crippen LogP contribution in [0.1, 0.15) is 23.5 Å². The minimum atomic E-state index is -0.847. The predicted octanol–water partition coefficient (Wildman–Crippen LogP) is 2.97. The van der Waals surface area contributed by atoms with Crippen LogP contribution in [0.5, 0.6) is 0 Å². The number of ether oxygens (including phenoxy) is 2. The Morgan fingerprint density at radius 2 is 1.68 bits per heavy atom. The van der Waals surface area contributed by atoms with Gasteiger partial charge in [-0.2, -0.15) is 0 Å². The fraction of sp³-hybridized carbons (Fsp3) is 0.273. The van der Waals surface area contributed by atoms with Gasteiger partial charge in [-0.3, -0.25) is 0 Å². The second-order valence-electron chi connectivity index (χ2n) is 6.52. The van der Waals surface area contributed by atoms with Crippen LogP contribution in [0.3, 0.4) is 0 Å². The molecule has 0 aromatic heterocycles. The maximum Gasteiger partial charge on any atom is 0.407 e. The van der Waals surface area contributed by atoms with Crippen LogP contribution < -0.4 is 11.1 Å². The fourth-order valence-corrected chi connectivity index (χ4v) is 3.44. The summed E-state index contributed by atoms with van der Waals surface area (Å²) in [5, 5.41) is 2.55. The summed E-state index contributed by atoms with van der Waals surface area (Å²) in [5.74, 6) is -0.599. The third kappa shape index (κ3) is 4.23. The fourth-order valence-electron chi connectivity index (χ4n) is 3.44. The normalized spacial score (nSPS) is 13.2. The average molecular weight is 380 g/mol. The van der Waals surface area contributed by atoms with Gasteiger partial charge in [0.1, 0.15) is 19.3 Å². The first-order valence-corrected chi connectivity index (χ1v) is 9.24. The van der Waals surface area contributed by atoms with E-state index in [4.69, 9.17) is 15.2 Å². The molecule has 1 atom stereocenters. The van der Waals surface area contributed by atoms with E-state index in [0.29, 0.717) is 0 Å². The number of amides is 1. The van der Waals surface area contributed by atoms with Gasteiger partial charge in [-0.1, -0.05) is 61.2 Å². The van der Waals surface area contributed by atoms with Gasteiger partial charge in [0, 0.05) is 5.92 Å². The predicted molar refractivity (Wildman–Crippen MR) is 107 cm³/mol. The number of fused-ring (bicyclic) bond motifs is 3. The first-order chi connectivity index (χ1) is 13.7. The summed E-state index contributed by atoms with van der Waals surface area (Å²) in [5.41, 5.74) is 10.1. The average Bonchev–Trinajstić information content (AvgIpc) is 3.04. The van der Waals surface area contributed by atoms with Crippen molar-refractivity contribution in [3.05, 3.63) is 72.3 Å². The molecule has 6 heteroatoms. The largest absolute Gasteiger partial charge is 0.460 e. The van der Waals surface area contributed by atoms with Gasteiger partial charge in [0.15, 0.2) is 0 Å². The molecule has 3 rings (SSSR count). The number of benzene rings is 2. The molecule has 2 aromatic rings. The van der Waals surface area contributed by atoms with E-state index in [1.165, 1.54) is 6.08 Å². The van der Waals surface area contributed by atoms with E-state index in [1.807, 2.05) is 36.4 Å². The number of hydrogen-bond donors (Lipinski definition) is 2. The summed E-state index contributed by atoms with van der Waals surface area (Å²) < 4.78 is 10.4. The van der Waals surface area contributed by atoms with Crippen LogP contribution in [0, 0.1) is 0 Å². The molecule has 146 valence electrons. The van der Waals surface area contributed by atoms with Crippen molar-refractivity contribution in [1.29, 1.82) is 0 Å². The third-order valence-electron chi connectivity index (χ3n) is 4.72. The summed E-state index contributed by atoms with van der Waals surface area (Å²) in [4.78, 5) is 24.3. The molecule has 6 nitrogen and oxygen atoms in total. The molecule has 1 aliphatic carbocycles. The molecule has 0 aliphatic heterocycles. The Balaban J connectivity index is 1.65. The number of esters is 1. The molecule has 0 heterocycles. The molecule has 0 saturated carbocycles. The molecule has 3 N–H and O–H groups in total. The van der Waals surface area contributed by atoms with Gasteiger partial charge in [0.05, 0.1) is 0 Å². The number of carbonyl (C=O) groups is 2. The number of nitrogens with two attached hydrogens (primary N) is 1. The van der Waals surface area contributed by atoms with Crippen LogP contribution in [-0.4, -0.2) is 37.9 Å². The van der Waals surface area contributed by atoms with Crippen molar-refractivity contribution in [3.8, 4) is 11.1 Å². The van der Waals surface area contributed by atoms with Crippen molar-refractivity contribution >= 4 is 12.1 Å². The lowest BCUT2D eigenvalue weighted by Gasteiger charge is -2.18. The molecule has 2 aromatic carbocycles. The van der Waals surface area contributed by atoms with Crippen molar-refractivity contribution in [2.75, 3.05) is 19.8 Å². The van der Waals surface area contributed by atoms with Gasteiger partial charge in [0.25, 0.3) is 0 Å². The lowest BCUT2D eigenvalue weighted by molar-refractivity contribution is -0.144. The highest BCUT2D eigenvalue weighted by molar-refractivity contribution is 5.82. The molecule has 0 spiro atoms. The topological polar surface area (TPSA) is 90.6 Å². The Morgan fingerprint density at radius 3 is 2.25 bits per heavy atom. The van der Waals surface area contributed by atoms with E-state index in [0.717, 1.165) is 22.3 Å². The molecular weight excluding hydrogens is 356 g/mol. The SMILES string of the molecule is C=CCOC(=O)[C@H](CCN)NC(=O)OCC1c2ccccc2-c2ccccc21. The zero-order valence-corrected chi connectivity index (χ0v) is 15.6. The Hall–Kier alpha value is -3.12. The van der Waals surface area contributed by atoms with Crippen LogP contribution in [0.4, 0.5) is 4.79 Å². The zero-order chi connectivity index (χ0) is 19.9. The summed E-state index contributed by atoms with van der Waals surface area (Å²) in [6, 6.07) is 15.3. The van der Waals surface area contributed by atoms with Crippen LogP contribution in [0.25, 0.3) is 11.1 Å². The molecule has 0 unspecified atom stereocenters. The molecular formula is C22H24N2O4. The highest BCUT2D eigenvalue weighted by Gasteiger charge is 2.29. The molecule has 1 aliphatic rings. The van der Waals surface area contributed by atoms with Crippen LogP contribution in [-0.2, 0) is 14.3 Å². The number of nitrogens with one attached hydrogen (secondary N) is 1. The highest BCUT2D eigenvalue weighted by atomic mass is 16.6. The van der Waals surface area contributed by atoms with Crippen LogP contribution in [0.15, 0.2) is 61.2 Å². The minimum Gasteiger partial charge on any atom is -0.460 e. The molecule has 28 heavy (non-hydrogen) atoms. The Bertz CT molecular complexity index is 820. The lowest BCUT2D eigenvalue weighted by Crippen LogP contribution is -2.43. The second-order valence-corrected chi connectivity index (χ2v) is 6.52. The quantitative estimate of drug-likeness (QED) is 0.543. The maximum absolute atomic E-state index is 12.3. The molecule has 1 amide bonds. The summed E-state index contributed by atoms with van der Waals surface area (Å²) in [6.45, 7) is 3.98. The highest BCUT2D eigenvalue weighted by Crippen LogP contribution is 2.44. The van der Waals surface area contributed by atoms with Gasteiger partial charge >= 0.3 is 12.1 Å². The lowest BCUT2D eigenvalue weighted by atomic mass is 9.98. The summed E-state index contributed by atoms with van der Waals surface area (Å²) >= 11 is 0. The summed E-state index contributed by atoms with van der Waals surface area (Å²) in [7, 11) is 0. The van der Waals surface area contributed by atoms with Crippen LogP contribution in [0.2, 0.25) is 0 Å². The molecule has 0 fully saturated rings. The standard InChI is InChI=1S/C22H24N2O4/c1-2-13-27-21(25)20(11-12-23)24-22(26)28-14-19-17-9-5-3-7-15(17)16-8-4-6-10-18(16)19/h2-10,19-20H,1,11-14,23H2,(H,24,26)/t20-/m0/s1. The number of alkyl carbamates (subject to hydrolysis) is 1. The minimum absolute atomic E-state index is 0.0428. The van der Waals surface area contributed by atoms with Gasteiger partial charge in [-0.05, 0) is 35.2 Å². The van der Waals surface area contributed by atoms with E-state index in [1.54, 1.807) is 0 Å². The van der Waals surface area contributed by atoms with Crippen molar-refractivity contribution in [3.63, 3.8) is 0 Å². The van der Waals surface area contributed by atoms with Gasteiger partial charge in [-0.15, -0.1) is 0 Å². The first-order valence-electron chi connectivity index (χ1n) is 9.24. The number of carbonyl (C=O) groups excluding carboxylic acids is 2. The van der Waals surface area contributed by atoms with E-state index >= 15 is 0 Å². The smallest absolute Gasteiger partial charge is 0.407 e.